The van der Waals surface area contributed by atoms with Crippen molar-refractivity contribution in [2.24, 2.45) is 5.41 Å². The highest BCUT2D eigenvalue weighted by atomic mass is 35.5. The minimum Gasteiger partial charge on any atom is -0.481 e. The number of rotatable bonds is 5. The molecule has 0 aliphatic rings. The highest BCUT2D eigenvalue weighted by Gasteiger charge is 2.26. The Bertz CT molecular complexity index is 421. The van der Waals surface area contributed by atoms with Crippen LogP contribution < -0.4 is 5.32 Å². The van der Waals surface area contributed by atoms with E-state index in [2.05, 4.69) is 5.32 Å². The molecule has 1 aromatic rings. The fourth-order valence-corrected chi connectivity index (χ4v) is 1.45. The first kappa shape index (κ1) is 13.9. The molecule has 1 aromatic carbocycles. The van der Waals surface area contributed by atoms with Crippen LogP contribution in [0.3, 0.4) is 0 Å². The van der Waals surface area contributed by atoms with Gasteiger partial charge in [-0.25, -0.2) is 4.39 Å². The third kappa shape index (κ3) is 3.98. The Labute approximate surface area is 105 Å². The zero-order chi connectivity index (χ0) is 13.1. The molecule has 3 nitrogen and oxygen atoms in total. The van der Waals surface area contributed by atoms with Gasteiger partial charge < -0.3 is 10.4 Å². The van der Waals surface area contributed by atoms with Gasteiger partial charge in [0.1, 0.15) is 5.82 Å². The van der Waals surface area contributed by atoms with E-state index in [4.69, 9.17) is 16.7 Å². The lowest BCUT2D eigenvalue weighted by Crippen LogP contribution is -2.35. The second-order valence-corrected chi connectivity index (χ2v) is 4.95. The zero-order valence-electron chi connectivity index (χ0n) is 9.76. The quantitative estimate of drug-likeness (QED) is 0.855. The van der Waals surface area contributed by atoms with E-state index in [0.29, 0.717) is 13.1 Å². The van der Waals surface area contributed by atoms with E-state index >= 15 is 0 Å². The molecule has 0 unspecified atom stereocenters. The Morgan fingerprint density at radius 3 is 2.71 bits per heavy atom. The summed E-state index contributed by atoms with van der Waals surface area (Å²) in [7, 11) is 0. The van der Waals surface area contributed by atoms with Crippen LogP contribution >= 0.6 is 11.6 Å². The lowest BCUT2D eigenvalue weighted by Gasteiger charge is -2.19. The van der Waals surface area contributed by atoms with E-state index in [1.165, 1.54) is 12.1 Å². The Morgan fingerprint density at radius 1 is 1.53 bits per heavy atom. The summed E-state index contributed by atoms with van der Waals surface area (Å²) >= 11 is 5.64. The van der Waals surface area contributed by atoms with Gasteiger partial charge in [-0.05, 0) is 31.5 Å². The maximum absolute atomic E-state index is 12.9. The highest BCUT2D eigenvalue weighted by molar-refractivity contribution is 6.30. The van der Waals surface area contributed by atoms with Gasteiger partial charge in [0, 0.05) is 13.1 Å². The molecular weight excluding hydrogens is 245 g/mol. The normalized spacial score (nSPS) is 11.5. The van der Waals surface area contributed by atoms with Crippen molar-refractivity contribution < 1.29 is 14.3 Å². The van der Waals surface area contributed by atoms with Gasteiger partial charge >= 0.3 is 5.97 Å². The van der Waals surface area contributed by atoms with Crippen molar-refractivity contribution in [2.45, 2.75) is 20.4 Å². The van der Waals surface area contributed by atoms with Crippen LogP contribution in [-0.4, -0.2) is 17.6 Å². The van der Waals surface area contributed by atoms with Gasteiger partial charge in [-0.1, -0.05) is 17.7 Å². The molecule has 0 atom stereocenters. The average molecular weight is 260 g/mol. The van der Waals surface area contributed by atoms with Crippen molar-refractivity contribution in [2.75, 3.05) is 6.54 Å². The second kappa shape index (κ2) is 5.47. The Kier molecular flexibility index (Phi) is 4.48. The minimum atomic E-state index is -0.859. The number of aliphatic carboxylic acids is 1. The summed E-state index contributed by atoms with van der Waals surface area (Å²) in [6, 6.07) is 4.43. The molecule has 0 spiro atoms. The number of hydrogen-bond donors (Lipinski definition) is 2. The third-order valence-electron chi connectivity index (χ3n) is 2.46. The van der Waals surface area contributed by atoms with Gasteiger partial charge in [0.25, 0.3) is 0 Å². The molecule has 0 fully saturated rings. The van der Waals surface area contributed by atoms with E-state index in [0.717, 1.165) is 5.56 Å². The van der Waals surface area contributed by atoms with Crippen LogP contribution in [0.5, 0.6) is 0 Å². The summed E-state index contributed by atoms with van der Waals surface area (Å²) in [6.45, 7) is 4.06. The molecule has 0 saturated heterocycles. The molecule has 94 valence electrons. The van der Waals surface area contributed by atoms with E-state index in [1.54, 1.807) is 19.9 Å². The van der Waals surface area contributed by atoms with Gasteiger partial charge in [0.15, 0.2) is 0 Å². The van der Waals surface area contributed by atoms with Gasteiger partial charge in [0.2, 0.25) is 0 Å². The maximum Gasteiger partial charge on any atom is 0.310 e. The molecule has 0 radical (unpaired) electrons. The number of hydrogen-bond acceptors (Lipinski definition) is 2. The monoisotopic (exact) mass is 259 g/mol. The van der Waals surface area contributed by atoms with Gasteiger partial charge in [-0.2, -0.15) is 0 Å². The molecule has 1 rings (SSSR count). The number of carboxylic acids is 1. The lowest BCUT2D eigenvalue weighted by molar-refractivity contribution is -0.146. The van der Waals surface area contributed by atoms with Crippen molar-refractivity contribution in [3.8, 4) is 0 Å². The second-order valence-electron chi connectivity index (χ2n) is 4.54. The van der Waals surface area contributed by atoms with Crippen LogP contribution in [0.1, 0.15) is 19.4 Å². The largest absolute Gasteiger partial charge is 0.481 e. The molecule has 17 heavy (non-hydrogen) atoms. The molecule has 0 saturated carbocycles. The van der Waals surface area contributed by atoms with Gasteiger partial charge in [-0.3, -0.25) is 4.79 Å². The fourth-order valence-electron chi connectivity index (χ4n) is 1.24. The average Bonchev–Trinajstić information content (AvgIpc) is 2.23. The number of halogens is 2. The Balaban J connectivity index is 2.51. The zero-order valence-corrected chi connectivity index (χ0v) is 10.5. The van der Waals surface area contributed by atoms with Crippen molar-refractivity contribution in [1.29, 1.82) is 0 Å². The highest BCUT2D eigenvalue weighted by Crippen LogP contribution is 2.17. The smallest absolute Gasteiger partial charge is 0.310 e. The molecule has 0 aliphatic heterocycles. The topological polar surface area (TPSA) is 49.3 Å². The summed E-state index contributed by atoms with van der Waals surface area (Å²) in [5.41, 5.74) is -0.0123. The first-order valence-corrected chi connectivity index (χ1v) is 5.59. The van der Waals surface area contributed by atoms with Crippen molar-refractivity contribution in [3.63, 3.8) is 0 Å². The standard InChI is InChI=1S/C12H15ClFNO2/c1-12(2,11(16)17)7-15-6-8-3-4-10(14)9(13)5-8/h3-5,15H,6-7H2,1-2H3,(H,16,17). The van der Waals surface area contributed by atoms with Crippen molar-refractivity contribution in [1.82, 2.24) is 5.32 Å². The molecule has 0 aliphatic carbocycles. The van der Waals surface area contributed by atoms with Crippen molar-refractivity contribution in [3.05, 3.63) is 34.6 Å². The molecule has 5 heteroatoms. The molecule has 0 heterocycles. The molecule has 2 N–H and O–H groups in total. The van der Waals surface area contributed by atoms with Crippen LogP contribution in [0.4, 0.5) is 4.39 Å². The molecular formula is C12H15ClFNO2. The number of benzene rings is 1. The maximum atomic E-state index is 12.9. The lowest BCUT2D eigenvalue weighted by atomic mass is 9.94. The summed E-state index contributed by atoms with van der Waals surface area (Å²) in [5.74, 6) is -1.32. The summed E-state index contributed by atoms with van der Waals surface area (Å²) in [5, 5.41) is 12.0. The predicted octanol–water partition coefficient (Wildman–Crippen LogP) is 2.68. The molecule has 0 amide bonds. The first-order chi connectivity index (χ1) is 7.83. The number of nitrogens with one attached hydrogen (secondary N) is 1. The van der Waals surface area contributed by atoms with Gasteiger partial charge in [0.05, 0.1) is 10.4 Å². The van der Waals surface area contributed by atoms with Crippen LogP contribution in [0.25, 0.3) is 0 Å². The summed E-state index contributed by atoms with van der Waals surface area (Å²) < 4.78 is 12.9. The van der Waals surface area contributed by atoms with E-state index in [-0.39, 0.29) is 5.02 Å². The molecule has 0 bridgehead atoms. The summed E-state index contributed by atoms with van der Waals surface area (Å²) in [6.07, 6.45) is 0. The fraction of sp³-hybridized carbons (Fsp3) is 0.417. The van der Waals surface area contributed by atoms with Crippen LogP contribution in [0.2, 0.25) is 5.02 Å². The number of carboxylic acid groups (broad SMARTS) is 1. The summed E-state index contributed by atoms with van der Waals surface area (Å²) in [4.78, 5) is 10.9. The minimum absolute atomic E-state index is 0.0711. The van der Waals surface area contributed by atoms with Crippen LogP contribution in [0.15, 0.2) is 18.2 Å². The van der Waals surface area contributed by atoms with E-state index in [1.807, 2.05) is 0 Å². The Morgan fingerprint density at radius 2 is 2.18 bits per heavy atom. The molecule has 0 aromatic heterocycles. The first-order valence-electron chi connectivity index (χ1n) is 5.21. The predicted molar refractivity (Wildman–Crippen MR) is 64.5 cm³/mol. The van der Waals surface area contributed by atoms with Crippen LogP contribution in [-0.2, 0) is 11.3 Å². The SMILES string of the molecule is CC(C)(CNCc1ccc(F)c(Cl)c1)C(=O)O. The van der Waals surface area contributed by atoms with E-state index < -0.39 is 17.2 Å². The van der Waals surface area contributed by atoms with Crippen molar-refractivity contribution >= 4 is 17.6 Å². The van der Waals surface area contributed by atoms with E-state index in [9.17, 15) is 9.18 Å². The Hall–Kier alpha value is -1.13. The van der Waals surface area contributed by atoms with Crippen LogP contribution in [0, 0.1) is 11.2 Å². The number of carbonyl (C=O) groups is 1. The third-order valence-corrected chi connectivity index (χ3v) is 2.75. The van der Waals surface area contributed by atoms with Gasteiger partial charge in [-0.15, -0.1) is 0 Å².